The first-order chi connectivity index (χ1) is 12.4. The lowest BCUT2D eigenvalue weighted by Crippen LogP contribution is -2.28. The van der Waals surface area contributed by atoms with Crippen molar-refractivity contribution < 1.29 is 17.6 Å². The molecule has 1 N–H and O–H groups in total. The zero-order chi connectivity index (χ0) is 18.7. The van der Waals surface area contributed by atoms with Crippen LogP contribution in [-0.4, -0.2) is 31.7 Å². The van der Waals surface area contributed by atoms with E-state index >= 15 is 0 Å². The van der Waals surface area contributed by atoms with E-state index in [1.165, 1.54) is 40.7 Å². The average molecular weight is 397 g/mol. The quantitative estimate of drug-likeness (QED) is 0.841. The summed E-state index contributed by atoms with van der Waals surface area (Å²) in [5.41, 5.74) is 0.856. The minimum atomic E-state index is -3.69. The molecule has 0 unspecified atom stereocenters. The summed E-state index contributed by atoms with van der Waals surface area (Å²) in [4.78, 5) is 12.1. The number of anilines is 1. The van der Waals surface area contributed by atoms with Crippen LogP contribution in [0.25, 0.3) is 0 Å². The summed E-state index contributed by atoms with van der Waals surface area (Å²) in [5.74, 6) is -0.789. The van der Waals surface area contributed by atoms with Gasteiger partial charge in [0.25, 0.3) is 0 Å². The van der Waals surface area contributed by atoms with Gasteiger partial charge in [0.2, 0.25) is 15.9 Å². The van der Waals surface area contributed by atoms with E-state index in [0.29, 0.717) is 24.3 Å². The highest BCUT2D eigenvalue weighted by atomic mass is 35.5. The van der Waals surface area contributed by atoms with Crippen molar-refractivity contribution in [3.63, 3.8) is 0 Å². The molecule has 3 rings (SSSR count). The molecule has 1 fully saturated rings. The summed E-state index contributed by atoms with van der Waals surface area (Å²) in [6.45, 7) is 0.934. The predicted molar refractivity (Wildman–Crippen MR) is 98.2 cm³/mol. The topological polar surface area (TPSA) is 66.5 Å². The van der Waals surface area contributed by atoms with E-state index < -0.39 is 15.8 Å². The highest BCUT2D eigenvalue weighted by Crippen LogP contribution is 2.29. The molecule has 2 aromatic rings. The van der Waals surface area contributed by atoms with Gasteiger partial charge in [-0.05, 0) is 48.7 Å². The molecule has 0 bridgehead atoms. The number of carbonyl (C=O) groups is 1. The van der Waals surface area contributed by atoms with E-state index in [1.54, 1.807) is 6.07 Å². The third-order valence-corrected chi connectivity index (χ3v) is 6.53. The van der Waals surface area contributed by atoms with Crippen molar-refractivity contribution in [1.82, 2.24) is 4.31 Å². The van der Waals surface area contributed by atoms with Gasteiger partial charge in [0.05, 0.1) is 11.4 Å². The predicted octanol–water partition coefficient (Wildman–Crippen LogP) is 3.44. The summed E-state index contributed by atoms with van der Waals surface area (Å²) in [6.07, 6.45) is 1.62. The molecular formula is C18H18ClFN2O3S. The standard InChI is InChI=1S/C18H18ClFN2O3S/c19-16-7-6-15(12-17(16)26(24,25)22-8-1-2-9-22)21-18(23)11-13-4-3-5-14(20)10-13/h3-7,10,12H,1-2,8-9,11H2,(H,21,23). The third kappa shape index (κ3) is 4.23. The number of amides is 1. The lowest BCUT2D eigenvalue weighted by molar-refractivity contribution is -0.115. The molecule has 0 aliphatic carbocycles. The molecule has 2 aromatic carbocycles. The number of sulfonamides is 1. The Morgan fingerprint density at radius 3 is 2.58 bits per heavy atom. The Balaban J connectivity index is 1.78. The fraction of sp³-hybridized carbons (Fsp3) is 0.278. The fourth-order valence-corrected chi connectivity index (χ4v) is 4.90. The molecule has 1 heterocycles. The lowest BCUT2D eigenvalue weighted by Gasteiger charge is -2.17. The van der Waals surface area contributed by atoms with Gasteiger partial charge in [0.15, 0.2) is 0 Å². The molecule has 8 heteroatoms. The number of rotatable bonds is 5. The van der Waals surface area contributed by atoms with Gasteiger partial charge in [-0.15, -0.1) is 0 Å². The maximum atomic E-state index is 13.2. The Kier molecular flexibility index (Phi) is 5.60. The van der Waals surface area contributed by atoms with Crippen molar-refractivity contribution in [2.24, 2.45) is 0 Å². The van der Waals surface area contributed by atoms with Crippen LogP contribution in [0.1, 0.15) is 18.4 Å². The van der Waals surface area contributed by atoms with Gasteiger partial charge in [-0.2, -0.15) is 4.31 Å². The molecule has 0 aromatic heterocycles. The summed E-state index contributed by atoms with van der Waals surface area (Å²) in [5, 5.41) is 2.75. The third-order valence-electron chi connectivity index (χ3n) is 4.15. The van der Waals surface area contributed by atoms with Gasteiger partial charge in [-0.3, -0.25) is 4.79 Å². The maximum absolute atomic E-state index is 13.2. The first-order valence-electron chi connectivity index (χ1n) is 8.20. The van der Waals surface area contributed by atoms with Crippen molar-refractivity contribution in [3.8, 4) is 0 Å². The summed E-state index contributed by atoms with van der Waals surface area (Å²) in [6, 6.07) is 10.1. The second kappa shape index (κ2) is 7.73. The number of nitrogens with zero attached hydrogens (tertiary/aromatic N) is 1. The zero-order valence-corrected chi connectivity index (χ0v) is 15.5. The van der Waals surface area contributed by atoms with Crippen molar-refractivity contribution in [3.05, 3.63) is 58.9 Å². The first kappa shape index (κ1) is 18.8. The van der Waals surface area contributed by atoms with Crippen LogP contribution in [0.3, 0.4) is 0 Å². The Morgan fingerprint density at radius 1 is 1.15 bits per heavy atom. The molecule has 0 radical (unpaired) electrons. The van der Waals surface area contributed by atoms with Gasteiger partial charge in [-0.1, -0.05) is 23.7 Å². The molecular weight excluding hydrogens is 379 g/mol. The monoisotopic (exact) mass is 396 g/mol. The van der Waals surface area contributed by atoms with Crippen LogP contribution in [-0.2, 0) is 21.2 Å². The van der Waals surface area contributed by atoms with Gasteiger partial charge in [-0.25, -0.2) is 12.8 Å². The maximum Gasteiger partial charge on any atom is 0.244 e. The van der Waals surface area contributed by atoms with Gasteiger partial charge >= 0.3 is 0 Å². The van der Waals surface area contributed by atoms with E-state index in [-0.39, 0.29) is 22.2 Å². The van der Waals surface area contributed by atoms with E-state index in [0.717, 1.165) is 12.8 Å². The summed E-state index contributed by atoms with van der Waals surface area (Å²) < 4.78 is 40.0. The van der Waals surface area contributed by atoms with Crippen LogP contribution in [0.4, 0.5) is 10.1 Å². The lowest BCUT2D eigenvalue weighted by atomic mass is 10.1. The molecule has 0 atom stereocenters. The summed E-state index contributed by atoms with van der Waals surface area (Å²) in [7, 11) is -3.69. The van der Waals surface area contributed by atoms with Crippen LogP contribution < -0.4 is 5.32 Å². The molecule has 1 aliphatic heterocycles. The molecule has 26 heavy (non-hydrogen) atoms. The Morgan fingerprint density at radius 2 is 1.88 bits per heavy atom. The number of carbonyl (C=O) groups excluding carboxylic acids is 1. The van der Waals surface area contributed by atoms with Crippen LogP contribution in [0.2, 0.25) is 5.02 Å². The van der Waals surface area contributed by atoms with E-state index in [1.807, 2.05) is 0 Å². The van der Waals surface area contributed by atoms with Crippen LogP contribution in [0, 0.1) is 5.82 Å². The largest absolute Gasteiger partial charge is 0.326 e. The smallest absolute Gasteiger partial charge is 0.244 e. The number of hydrogen-bond acceptors (Lipinski definition) is 3. The van der Waals surface area contributed by atoms with Gasteiger partial charge in [0, 0.05) is 18.8 Å². The van der Waals surface area contributed by atoms with Crippen molar-refractivity contribution in [2.75, 3.05) is 18.4 Å². The van der Waals surface area contributed by atoms with Crippen LogP contribution in [0.15, 0.2) is 47.4 Å². The molecule has 5 nitrogen and oxygen atoms in total. The molecule has 1 amide bonds. The second-order valence-electron chi connectivity index (χ2n) is 6.11. The van der Waals surface area contributed by atoms with Crippen LogP contribution >= 0.6 is 11.6 Å². The molecule has 1 aliphatic rings. The second-order valence-corrected chi connectivity index (χ2v) is 8.42. The highest BCUT2D eigenvalue weighted by molar-refractivity contribution is 7.89. The summed E-state index contributed by atoms with van der Waals surface area (Å²) >= 11 is 6.08. The van der Waals surface area contributed by atoms with E-state index in [2.05, 4.69) is 5.32 Å². The normalized spacial score (nSPS) is 15.2. The molecule has 1 saturated heterocycles. The molecule has 138 valence electrons. The molecule has 0 spiro atoms. The first-order valence-corrected chi connectivity index (χ1v) is 10.0. The number of nitrogens with one attached hydrogen (secondary N) is 1. The fourth-order valence-electron chi connectivity index (χ4n) is 2.88. The van der Waals surface area contributed by atoms with Crippen molar-refractivity contribution in [1.29, 1.82) is 0 Å². The Bertz CT molecular complexity index is 928. The van der Waals surface area contributed by atoms with Crippen molar-refractivity contribution >= 4 is 33.2 Å². The minimum absolute atomic E-state index is 0.0193. The average Bonchev–Trinajstić information content (AvgIpc) is 3.12. The highest BCUT2D eigenvalue weighted by Gasteiger charge is 2.29. The Labute approximate surface area is 156 Å². The SMILES string of the molecule is O=C(Cc1cccc(F)c1)Nc1ccc(Cl)c(S(=O)(=O)N2CCCC2)c1. The zero-order valence-electron chi connectivity index (χ0n) is 13.9. The number of benzene rings is 2. The molecule has 0 saturated carbocycles. The minimum Gasteiger partial charge on any atom is -0.326 e. The van der Waals surface area contributed by atoms with E-state index in [4.69, 9.17) is 11.6 Å². The van der Waals surface area contributed by atoms with Gasteiger partial charge in [0.1, 0.15) is 10.7 Å². The van der Waals surface area contributed by atoms with Crippen molar-refractivity contribution in [2.45, 2.75) is 24.2 Å². The number of hydrogen-bond donors (Lipinski definition) is 1. The van der Waals surface area contributed by atoms with Crippen LogP contribution in [0.5, 0.6) is 0 Å². The Hall–Kier alpha value is -1.96. The van der Waals surface area contributed by atoms with E-state index in [9.17, 15) is 17.6 Å². The number of halogens is 2. The van der Waals surface area contributed by atoms with Gasteiger partial charge < -0.3 is 5.32 Å².